The summed E-state index contributed by atoms with van der Waals surface area (Å²) in [6, 6.07) is 11.4. The Hall–Kier alpha value is -3.94. The van der Waals surface area contributed by atoms with E-state index in [0.717, 1.165) is 16.8 Å². The molecule has 0 aliphatic carbocycles. The summed E-state index contributed by atoms with van der Waals surface area (Å²) in [7, 11) is 0. The maximum atomic E-state index is 12.6. The number of nitrogens with zero attached hydrogens (tertiary/aromatic N) is 4. The monoisotopic (exact) mass is 374 g/mol. The molecule has 0 saturated carbocycles. The fourth-order valence-electron chi connectivity index (χ4n) is 2.95. The highest BCUT2D eigenvalue weighted by atomic mass is 16.2. The number of hydrogen-bond acceptors (Lipinski definition) is 4. The molecule has 4 aromatic rings. The number of hydrogen-bond donors (Lipinski definition) is 2. The number of fused-ring (bicyclic) bond motifs is 1. The Labute approximate surface area is 160 Å². The fourth-order valence-corrected chi connectivity index (χ4v) is 2.95. The predicted octanol–water partition coefficient (Wildman–Crippen LogP) is 1.86. The zero-order chi connectivity index (χ0) is 19.7. The smallest absolute Gasteiger partial charge is 0.268 e. The highest BCUT2D eigenvalue weighted by Crippen LogP contribution is 2.13. The molecule has 8 nitrogen and oxygen atoms in total. The zero-order valence-electron chi connectivity index (χ0n) is 15.2. The van der Waals surface area contributed by atoms with Crippen molar-refractivity contribution < 1.29 is 9.59 Å². The Balaban J connectivity index is 1.51. The van der Waals surface area contributed by atoms with Crippen LogP contribution in [0.5, 0.6) is 0 Å². The van der Waals surface area contributed by atoms with Crippen molar-refractivity contribution in [3.05, 3.63) is 83.6 Å². The van der Waals surface area contributed by atoms with Gasteiger partial charge in [-0.3, -0.25) is 9.59 Å². The molecule has 0 radical (unpaired) electrons. The van der Waals surface area contributed by atoms with Crippen molar-refractivity contribution in [2.45, 2.75) is 13.5 Å². The molecule has 3 aromatic heterocycles. The topological polar surface area (TPSA) is 107 Å². The number of imidazole rings is 1. The molecule has 0 fully saturated rings. The van der Waals surface area contributed by atoms with Crippen LogP contribution in [-0.2, 0) is 6.54 Å². The predicted molar refractivity (Wildman–Crippen MR) is 103 cm³/mol. The van der Waals surface area contributed by atoms with Crippen LogP contribution in [0.3, 0.4) is 0 Å². The Morgan fingerprint density at radius 2 is 2.04 bits per heavy atom. The number of carbonyl (C=O) groups is 2. The van der Waals surface area contributed by atoms with Crippen LogP contribution in [-0.4, -0.2) is 31.0 Å². The molecule has 140 valence electrons. The summed E-state index contributed by atoms with van der Waals surface area (Å²) < 4.78 is 3.37. The van der Waals surface area contributed by atoms with Gasteiger partial charge in [0.25, 0.3) is 11.8 Å². The Bertz CT molecular complexity index is 1190. The minimum Gasteiger partial charge on any atom is -0.364 e. The number of pyridine rings is 1. The second kappa shape index (κ2) is 6.99. The molecule has 0 unspecified atom stereocenters. The van der Waals surface area contributed by atoms with E-state index < -0.39 is 5.91 Å². The van der Waals surface area contributed by atoms with Crippen molar-refractivity contribution in [2.24, 2.45) is 5.73 Å². The van der Waals surface area contributed by atoms with Crippen molar-refractivity contribution in [2.75, 3.05) is 0 Å². The van der Waals surface area contributed by atoms with E-state index in [1.54, 1.807) is 33.6 Å². The van der Waals surface area contributed by atoms with Gasteiger partial charge in [0.1, 0.15) is 5.69 Å². The third-order valence-electron chi connectivity index (χ3n) is 4.34. The van der Waals surface area contributed by atoms with Crippen LogP contribution in [0.1, 0.15) is 32.0 Å². The third-order valence-corrected chi connectivity index (χ3v) is 4.34. The number of benzene rings is 1. The second-order valence-electron chi connectivity index (χ2n) is 6.46. The molecule has 3 heterocycles. The Kier molecular flexibility index (Phi) is 4.36. The van der Waals surface area contributed by atoms with Crippen LogP contribution in [0.4, 0.5) is 0 Å². The number of carbonyl (C=O) groups excluding carboxylic acids is 2. The van der Waals surface area contributed by atoms with Gasteiger partial charge in [0.2, 0.25) is 0 Å². The van der Waals surface area contributed by atoms with Gasteiger partial charge < -0.3 is 15.5 Å². The molecule has 0 bridgehead atoms. The normalized spacial score (nSPS) is 10.9. The van der Waals surface area contributed by atoms with Gasteiger partial charge in [0.15, 0.2) is 5.65 Å². The molecule has 4 rings (SSSR count). The van der Waals surface area contributed by atoms with E-state index in [0.29, 0.717) is 17.8 Å². The lowest BCUT2D eigenvalue weighted by atomic mass is 10.2. The van der Waals surface area contributed by atoms with Gasteiger partial charge in [-0.25, -0.2) is 9.67 Å². The number of rotatable bonds is 5. The molecular weight excluding hydrogens is 356 g/mol. The zero-order valence-corrected chi connectivity index (χ0v) is 15.2. The quantitative estimate of drug-likeness (QED) is 0.556. The minimum atomic E-state index is -0.640. The van der Waals surface area contributed by atoms with Gasteiger partial charge in [-0.1, -0.05) is 12.1 Å². The number of amides is 2. The molecule has 0 saturated heterocycles. The van der Waals surface area contributed by atoms with E-state index in [1.165, 1.54) is 6.20 Å². The number of primary amides is 1. The van der Waals surface area contributed by atoms with Crippen LogP contribution >= 0.6 is 0 Å². The standard InChI is InChI=1S/C20H18N6O2/c1-13-4-2-5-15(8-13)26-11-14(10-23-26)9-22-20(28)16-6-3-7-25-12-17(18(21)27)24-19(16)25/h2-8,10-12H,9H2,1H3,(H2,21,27)(H,22,28). The average Bonchev–Trinajstić information content (AvgIpc) is 3.33. The van der Waals surface area contributed by atoms with Gasteiger partial charge in [-0.15, -0.1) is 0 Å². The summed E-state index contributed by atoms with van der Waals surface area (Å²) >= 11 is 0. The second-order valence-corrected chi connectivity index (χ2v) is 6.46. The maximum absolute atomic E-state index is 12.6. The van der Waals surface area contributed by atoms with E-state index in [4.69, 9.17) is 5.73 Å². The molecule has 2 amide bonds. The van der Waals surface area contributed by atoms with Crippen molar-refractivity contribution in [1.82, 2.24) is 24.5 Å². The fraction of sp³-hybridized carbons (Fsp3) is 0.100. The Morgan fingerprint density at radius 3 is 2.82 bits per heavy atom. The van der Waals surface area contributed by atoms with Crippen LogP contribution in [0, 0.1) is 6.92 Å². The molecule has 3 N–H and O–H groups in total. The third kappa shape index (κ3) is 3.35. The van der Waals surface area contributed by atoms with Crippen molar-refractivity contribution >= 4 is 17.5 Å². The van der Waals surface area contributed by atoms with Gasteiger partial charge in [0, 0.05) is 30.7 Å². The van der Waals surface area contributed by atoms with Gasteiger partial charge >= 0.3 is 0 Å². The van der Waals surface area contributed by atoms with Gasteiger partial charge in [-0.2, -0.15) is 5.10 Å². The minimum absolute atomic E-state index is 0.111. The average molecular weight is 374 g/mol. The summed E-state index contributed by atoms with van der Waals surface area (Å²) in [5.74, 6) is -0.936. The van der Waals surface area contributed by atoms with E-state index >= 15 is 0 Å². The Morgan fingerprint density at radius 1 is 1.18 bits per heavy atom. The summed E-state index contributed by atoms with van der Waals surface area (Å²) in [4.78, 5) is 28.1. The summed E-state index contributed by atoms with van der Waals surface area (Å²) in [5.41, 5.74) is 9.09. The van der Waals surface area contributed by atoms with Crippen LogP contribution in [0.25, 0.3) is 11.3 Å². The highest BCUT2D eigenvalue weighted by Gasteiger charge is 2.15. The number of aromatic nitrogens is 4. The lowest BCUT2D eigenvalue weighted by molar-refractivity contribution is 0.0950. The first-order chi connectivity index (χ1) is 13.5. The maximum Gasteiger partial charge on any atom is 0.268 e. The molecule has 8 heteroatoms. The van der Waals surface area contributed by atoms with E-state index in [9.17, 15) is 9.59 Å². The molecule has 0 spiro atoms. The largest absolute Gasteiger partial charge is 0.364 e. The summed E-state index contributed by atoms with van der Waals surface area (Å²) in [6.45, 7) is 2.34. The highest BCUT2D eigenvalue weighted by molar-refractivity contribution is 6.00. The molecule has 1 aromatic carbocycles. The molecule has 0 aliphatic heterocycles. The van der Waals surface area contributed by atoms with Crippen molar-refractivity contribution in [1.29, 1.82) is 0 Å². The molecular formula is C20H18N6O2. The first-order valence-electron chi connectivity index (χ1n) is 8.67. The summed E-state index contributed by atoms with van der Waals surface area (Å²) in [5, 5.41) is 7.21. The SMILES string of the molecule is Cc1cccc(-n2cc(CNC(=O)c3cccn4cc(C(N)=O)nc34)cn2)c1. The number of aryl methyl sites for hydroxylation is 1. The summed E-state index contributed by atoms with van der Waals surface area (Å²) in [6.07, 6.45) is 6.79. The van der Waals surface area contributed by atoms with Crippen LogP contribution in [0.2, 0.25) is 0 Å². The lowest BCUT2D eigenvalue weighted by Gasteiger charge is -2.05. The molecule has 0 aliphatic rings. The lowest BCUT2D eigenvalue weighted by Crippen LogP contribution is -2.23. The van der Waals surface area contributed by atoms with Crippen LogP contribution < -0.4 is 11.1 Å². The van der Waals surface area contributed by atoms with E-state index in [2.05, 4.69) is 15.4 Å². The molecule has 28 heavy (non-hydrogen) atoms. The van der Waals surface area contributed by atoms with E-state index in [-0.39, 0.29) is 11.6 Å². The number of nitrogens with one attached hydrogen (secondary N) is 1. The first-order valence-corrected chi connectivity index (χ1v) is 8.67. The number of nitrogens with two attached hydrogens (primary N) is 1. The van der Waals surface area contributed by atoms with Gasteiger partial charge in [0.05, 0.1) is 17.4 Å². The first kappa shape index (κ1) is 17.5. The van der Waals surface area contributed by atoms with Crippen molar-refractivity contribution in [3.8, 4) is 5.69 Å². The van der Waals surface area contributed by atoms with Crippen molar-refractivity contribution in [3.63, 3.8) is 0 Å². The van der Waals surface area contributed by atoms with Crippen LogP contribution in [0.15, 0.2) is 61.2 Å². The molecule has 0 atom stereocenters. The van der Waals surface area contributed by atoms with E-state index in [1.807, 2.05) is 37.4 Å². The van der Waals surface area contributed by atoms with Gasteiger partial charge in [-0.05, 0) is 36.8 Å².